The number of para-hydroxylation sites is 1. The van der Waals surface area contributed by atoms with E-state index < -0.39 is 5.41 Å². The van der Waals surface area contributed by atoms with E-state index in [2.05, 4.69) is 182 Å². The van der Waals surface area contributed by atoms with Crippen molar-refractivity contribution in [2.45, 2.75) is 5.41 Å². The van der Waals surface area contributed by atoms with Crippen molar-refractivity contribution in [3.05, 3.63) is 235 Å². The highest BCUT2D eigenvalue weighted by molar-refractivity contribution is 6.06. The fourth-order valence-electron chi connectivity index (χ4n) is 10.3. The van der Waals surface area contributed by atoms with Crippen LogP contribution in [0.5, 0.6) is 0 Å². The third-order valence-corrected chi connectivity index (χ3v) is 13.0. The number of fused-ring (bicyclic) bond motifs is 15. The first kappa shape index (κ1) is 34.6. The van der Waals surface area contributed by atoms with Crippen LogP contribution in [-0.4, -0.2) is 15.0 Å². The quantitative estimate of drug-likeness (QED) is 0.178. The van der Waals surface area contributed by atoms with Gasteiger partial charge < -0.3 is 4.42 Å². The Bertz CT molecular complexity index is 3520. The highest BCUT2D eigenvalue weighted by Crippen LogP contribution is 2.61. The van der Waals surface area contributed by atoms with Gasteiger partial charge in [-0.3, -0.25) is 0 Å². The van der Waals surface area contributed by atoms with Crippen molar-refractivity contribution in [1.82, 2.24) is 15.0 Å². The molecule has 4 heteroatoms. The van der Waals surface area contributed by atoms with Gasteiger partial charge in [0.15, 0.2) is 17.5 Å². The average Bonchev–Trinajstić information content (AvgIpc) is 3.84. The molecule has 0 saturated heterocycles. The summed E-state index contributed by atoms with van der Waals surface area (Å²) in [5.74, 6) is 1.82. The summed E-state index contributed by atoms with van der Waals surface area (Å²) >= 11 is 0. The van der Waals surface area contributed by atoms with Gasteiger partial charge in [0, 0.05) is 27.5 Å². The van der Waals surface area contributed by atoms with E-state index in [1.807, 2.05) is 30.3 Å². The van der Waals surface area contributed by atoms with Gasteiger partial charge in [0.25, 0.3) is 0 Å². The van der Waals surface area contributed by atoms with E-state index in [1.54, 1.807) is 0 Å². The van der Waals surface area contributed by atoms with Crippen LogP contribution in [-0.2, 0) is 5.41 Å². The molecule has 9 aromatic carbocycles. The minimum absolute atomic E-state index is 0.600. The van der Waals surface area contributed by atoms with Crippen LogP contribution in [0.25, 0.3) is 101 Å². The van der Waals surface area contributed by atoms with Gasteiger partial charge in [-0.15, -0.1) is 0 Å². The zero-order valence-electron chi connectivity index (χ0n) is 33.5. The molecule has 288 valence electrons. The van der Waals surface area contributed by atoms with Crippen molar-refractivity contribution in [3.8, 4) is 78.7 Å². The van der Waals surface area contributed by atoms with Crippen molar-refractivity contribution in [2.24, 2.45) is 0 Å². The largest absolute Gasteiger partial charge is 0.456 e. The summed E-state index contributed by atoms with van der Waals surface area (Å²) in [6, 6.07) is 75.9. The maximum atomic E-state index is 6.23. The molecule has 4 nitrogen and oxygen atoms in total. The second-order valence-electron chi connectivity index (χ2n) is 16.3. The number of rotatable bonds is 4. The molecule has 2 aromatic heterocycles. The average molecular weight is 790 g/mol. The second kappa shape index (κ2) is 13.4. The molecule has 0 bridgehead atoms. The van der Waals surface area contributed by atoms with Crippen LogP contribution in [0, 0.1) is 0 Å². The van der Waals surface area contributed by atoms with Crippen LogP contribution in [0.2, 0.25) is 0 Å². The van der Waals surface area contributed by atoms with E-state index in [0.29, 0.717) is 17.5 Å². The molecule has 1 spiro atoms. The molecule has 13 rings (SSSR count). The predicted octanol–water partition coefficient (Wildman–Crippen LogP) is 14.4. The Morgan fingerprint density at radius 2 is 0.694 bits per heavy atom. The maximum absolute atomic E-state index is 6.23. The molecular weight excluding hydrogens is 755 g/mol. The first-order valence-corrected chi connectivity index (χ1v) is 21.1. The van der Waals surface area contributed by atoms with Gasteiger partial charge in [-0.05, 0) is 97.1 Å². The van der Waals surface area contributed by atoms with Crippen molar-refractivity contribution in [1.29, 1.82) is 0 Å². The number of hydrogen-bond acceptors (Lipinski definition) is 4. The Kier molecular flexibility index (Phi) is 7.49. The molecule has 0 atom stereocenters. The Labute approximate surface area is 358 Å². The van der Waals surface area contributed by atoms with Crippen LogP contribution in [0.15, 0.2) is 217 Å². The number of nitrogens with zero attached hydrogens (tertiary/aromatic N) is 3. The van der Waals surface area contributed by atoms with Crippen LogP contribution < -0.4 is 0 Å². The van der Waals surface area contributed by atoms with Crippen LogP contribution in [0.3, 0.4) is 0 Å². The molecule has 11 aromatic rings. The Morgan fingerprint density at radius 1 is 0.274 bits per heavy atom. The summed E-state index contributed by atoms with van der Waals surface area (Å²) in [6.07, 6.45) is 0. The SMILES string of the molecule is c1ccc(-c2ccc(-c3nc(-c4ccc5c(c4)C4(c6ccccc6-c6ccccc6-c6ccccc64)c4ccccc4-5)nc(-c4ccc5oc6ccccc6c5c4)n3)cc2)cc1. The molecular formula is C58H35N3O. The summed E-state index contributed by atoms with van der Waals surface area (Å²) in [4.78, 5) is 15.8. The van der Waals surface area contributed by atoms with Crippen molar-refractivity contribution in [2.75, 3.05) is 0 Å². The van der Waals surface area contributed by atoms with E-state index in [4.69, 9.17) is 19.4 Å². The number of benzene rings is 9. The Hall–Kier alpha value is -8.21. The van der Waals surface area contributed by atoms with E-state index in [9.17, 15) is 0 Å². The van der Waals surface area contributed by atoms with Gasteiger partial charge in [0.1, 0.15) is 11.2 Å². The predicted molar refractivity (Wildman–Crippen MR) is 251 cm³/mol. The lowest BCUT2D eigenvalue weighted by molar-refractivity contribution is 0.669. The number of furan rings is 1. The van der Waals surface area contributed by atoms with Gasteiger partial charge in [0.2, 0.25) is 0 Å². The number of aromatic nitrogens is 3. The normalized spacial score (nSPS) is 13.0. The van der Waals surface area contributed by atoms with Crippen molar-refractivity contribution >= 4 is 21.9 Å². The van der Waals surface area contributed by atoms with Gasteiger partial charge in [-0.1, -0.05) is 182 Å². The highest BCUT2D eigenvalue weighted by atomic mass is 16.3. The van der Waals surface area contributed by atoms with Gasteiger partial charge >= 0.3 is 0 Å². The molecule has 0 N–H and O–H groups in total. The molecule has 2 heterocycles. The highest BCUT2D eigenvalue weighted by Gasteiger charge is 2.49. The van der Waals surface area contributed by atoms with Gasteiger partial charge in [0.05, 0.1) is 5.41 Å². The minimum atomic E-state index is -0.618. The number of hydrogen-bond donors (Lipinski definition) is 0. The van der Waals surface area contributed by atoms with E-state index in [1.165, 1.54) is 55.6 Å². The molecule has 0 unspecified atom stereocenters. The standard InChI is InChI=1S/C58H35N3O/c1-2-14-36(15-3-1)37-26-28-38(29-27-37)55-59-56(39-31-33-54-48(34-39)47-21-9-13-25-53(47)62-54)61-57(60-55)40-30-32-46-45-20-8-12-24-51(45)58(52(46)35-40)49-22-10-6-18-43(49)41-16-4-5-17-42(41)44-19-7-11-23-50(44)58/h1-35H. The van der Waals surface area contributed by atoms with E-state index >= 15 is 0 Å². The first-order valence-electron chi connectivity index (χ1n) is 21.1. The second-order valence-corrected chi connectivity index (χ2v) is 16.3. The zero-order valence-corrected chi connectivity index (χ0v) is 33.5. The van der Waals surface area contributed by atoms with Gasteiger partial charge in [-0.25, -0.2) is 15.0 Å². The summed E-state index contributed by atoms with van der Waals surface area (Å²) in [6.45, 7) is 0. The summed E-state index contributed by atoms with van der Waals surface area (Å²) < 4.78 is 6.23. The first-order chi connectivity index (χ1) is 30.7. The molecule has 0 saturated carbocycles. The molecule has 0 fully saturated rings. The zero-order chi connectivity index (χ0) is 40.8. The molecule has 0 aliphatic heterocycles. The summed E-state index contributed by atoms with van der Waals surface area (Å²) in [7, 11) is 0. The Morgan fingerprint density at radius 3 is 1.34 bits per heavy atom. The van der Waals surface area contributed by atoms with Crippen molar-refractivity contribution in [3.63, 3.8) is 0 Å². The third kappa shape index (κ3) is 5.04. The van der Waals surface area contributed by atoms with Crippen LogP contribution >= 0.6 is 0 Å². The monoisotopic (exact) mass is 789 g/mol. The van der Waals surface area contributed by atoms with E-state index in [0.717, 1.165) is 49.8 Å². The smallest absolute Gasteiger partial charge is 0.164 e. The van der Waals surface area contributed by atoms with Gasteiger partial charge in [-0.2, -0.15) is 0 Å². The fourth-order valence-corrected chi connectivity index (χ4v) is 10.3. The Balaban J connectivity index is 1.06. The lowest BCUT2D eigenvalue weighted by atomic mass is 9.66. The molecule has 2 aliphatic carbocycles. The van der Waals surface area contributed by atoms with E-state index in [-0.39, 0.29) is 0 Å². The maximum Gasteiger partial charge on any atom is 0.164 e. The summed E-state index contributed by atoms with van der Waals surface area (Å²) in [5, 5.41) is 2.09. The lowest BCUT2D eigenvalue weighted by Gasteiger charge is -2.35. The lowest BCUT2D eigenvalue weighted by Crippen LogP contribution is -2.29. The molecule has 2 aliphatic rings. The van der Waals surface area contributed by atoms with Crippen LogP contribution in [0.4, 0.5) is 0 Å². The summed E-state index contributed by atoms with van der Waals surface area (Å²) in [5.41, 5.74) is 18.5. The fraction of sp³-hybridized carbons (Fsp3) is 0.0172. The minimum Gasteiger partial charge on any atom is -0.456 e. The van der Waals surface area contributed by atoms with Crippen molar-refractivity contribution < 1.29 is 4.42 Å². The molecule has 62 heavy (non-hydrogen) atoms. The molecule has 0 radical (unpaired) electrons. The third-order valence-electron chi connectivity index (χ3n) is 13.0. The van der Waals surface area contributed by atoms with Crippen LogP contribution in [0.1, 0.15) is 22.3 Å². The topological polar surface area (TPSA) is 51.8 Å². The molecule has 0 amide bonds.